The minimum absolute atomic E-state index is 0.0202. The van der Waals surface area contributed by atoms with E-state index in [1.54, 1.807) is 12.5 Å². The van der Waals surface area contributed by atoms with Crippen LogP contribution in [0.4, 0.5) is 0 Å². The number of rotatable bonds is 6. The molecular weight excluding hydrogens is 374 g/mol. The van der Waals surface area contributed by atoms with Crippen molar-refractivity contribution >= 4 is 5.91 Å². The number of amides is 1. The van der Waals surface area contributed by atoms with Crippen molar-refractivity contribution in [2.75, 3.05) is 26.2 Å². The second kappa shape index (κ2) is 9.24. The van der Waals surface area contributed by atoms with Crippen LogP contribution < -0.4 is 5.73 Å². The molecular formula is C24H29N5O. The second-order valence-corrected chi connectivity index (χ2v) is 7.89. The quantitative estimate of drug-likeness (QED) is 0.685. The van der Waals surface area contributed by atoms with Gasteiger partial charge in [0.15, 0.2) is 0 Å². The Morgan fingerprint density at radius 1 is 0.967 bits per heavy atom. The summed E-state index contributed by atoms with van der Waals surface area (Å²) in [7, 11) is 1.92. The lowest BCUT2D eigenvalue weighted by atomic mass is 9.96. The molecule has 1 aliphatic rings. The summed E-state index contributed by atoms with van der Waals surface area (Å²) in [5.41, 5.74) is 9.76. The van der Waals surface area contributed by atoms with Crippen LogP contribution in [0.15, 0.2) is 73.2 Å². The minimum Gasteiger partial charge on any atom is -0.339 e. The highest BCUT2D eigenvalue weighted by Crippen LogP contribution is 2.29. The first kappa shape index (κ1) is 20.3. The van der Waals surface area contributed by atoms with Gasteiger partial charge in [-0.15, -0.1) is 0 Å². The fourth-order valence-corrected chi connectivity index (χ4v) is 4.21. The Hall–Kier alpha value is -2.96. The lowest BCUT2D eigenvalue weighted by Crippen LogP contribution is -2.54. The van der Waals surface area contributed by atoms with Crippen LogP contribution in [0, 0.1) is 0 Å². The summed E-state index contributed by atoms with van der Waals surface area (Å²) in [5.74, 6) is 0.0202. The summed E-state index contributed by atoms with van der Waals surface area (Å²) in [4.78, 5) is 21.4. The number of piperazine rings is 1. The first-order valence-electron chi connectivity index (χ1n) is 10.5. The predicted octanol–water partition coefficient (Wildman–Crippen LogP) is 2.22. The maximum Gasteiger partial charge on any atom is 0.239 e. The summed E-state index contributed by atoms with van der Waals surface area (Å²) in [6.07, 6.45) is 4.01. The third kappa shape index (κ3) is 4.45. The Kier molecular flexibility index (Phi) is 6.26. The van der Waals surface area contributed by atoms with Crippen molar-refractivity contribution in [1.29, 1.82) is 0 Å². The number of carbonyl (C=O) groups is 1. The van der Waals surface area contributed by atoms with Crippen molar-refractivity contribution in [2.45, 2.75) is 18.5 Å². The Labute approximate surface area is 177 Å². The third-order valence-corrected chi connectivity index (χ3v) is 5.88. The lowest BCUT2D eigenvalue weighted by molar-refractivity contribution is -0.134. The molecule has 2 heterocycles. The molecule has 1 saturated heterocycles. The van der Waals surface area contributed by atoms with Crippen LogP contribution in [-0.4, -0.2) is 57.5 Å². The molecule has 2 N–H and O–H groups in total. The molecule has 1 atom stereocenters. The SMILES string of the molecule is Cn1cncc1CC(N)C(=O)N1CCN(C(c2ccccc2)c2ccccc2)CC1. The molecule has 1 amide bonds. The van der Waals surface area contributed by atoms with E-state index in [0.717, 1.165) is 18.8 Å². The summed E-state index contributed by atoms with van der Waals surface area (Å²) < 4.78 is 1.91. The number of aryl methyl sites for hydroxylation is 1. The first-order chi connectivity index (χ1) is 14.6. The minimum atomic E-state index is -0.536. The third-order valence-electron chi connectivity index (χ3n) is 5.88. The smallest absolute Gasteiger partial charge is 0.239 e. The van der Waals surface area contributed by atoms with E-state index in [1.807, 2.05) is 28.6 Å². The van der Waals surface area contributed by atoms with E-state index in [0.29, 0.717) is 19.5 Å². The van der Waals surface area contributed by atoms with Crippen LogP contribution in [0.25, 0.3) is 0 Å². The highest BCUT2D eigenvalue weighted by molar-refractivity contribution is 5.82. The molecule has 3 aromatic rings. The van der Waals surface area contributed by atoms with Crippen molar-refractivity contribution in [3.63, 3.8) is 0 Å². The zero-order valence-electron chi connectivity index (χ0n) is 17.4. The summed E-state index contributed by atoms with van der Waals surface area (Å²) in [6.45, 7) is 3.01. The van der Waals surface area contributed by atoms with Crippen molar-refractivity contribution in [3.05, 3.63) is 90.0 Å². The maximum absolute atomic E-state index is 12.9. The molecule has 1 unspecified atom stereocenters. The number of carbonyl (C=O) groups excluding carboxylic acids is 1. The van der Waals surface area contributed by atoms with Gasteiger partial charge in [0.25, 0.3) is 0 Å². The molecule has 1 fully saturated rings. The van der Waals surface area contributed by atoms with Crippen molar-refractivity contribution in [1.82, 2.24) is 19.4 Å². The molecule has 6 nitrogen and oxygen atoms in total. The average molecular weight is 404 g/mol. The van der Waals surface area contributed by atoms with Gasteiger partial charge in [-0.1, -0.05) is 60.7 Å². The van der Waals surface area contributed by atoms with E-state index in [4.69, 9.17) is 5.73 Å². The largest absolute Gasteiger partial charge is 0.339 e. The van der Waals surface area contributed by atoms with Crippen LogP contribution >= 0.6 is 0 Å². The molecule has 30 heavy (non-hydrogen) atoms. The number of nitrogens with zero attached hydrogens (tertiary/aromatic N) is 4. The topological polar surface area (TPSA) is 67.4 Å². The number of nitrogens with two attached hydrogens (primary N) is 1. The van der Waals surface area contributed by atoms with Gasteiger partial charge in [-0.25, -0.2) is 4.98 Å². The van der Waals surface area contributed by atoms with E-state index < -0.39 is 6.04 Å². The van der Waals surface area contributed by atoms with E-state index >= 15 is 0 Å². The molecule has 1 aromatic heterocycles. The van der Waals surface area contributed by atoms with E-state index in [1.165, 1.54) is 11.1 Å². The van der Waals surface area contributed by atoms with Crippen molar-refractivity contribution < 1.29 is 4.79 Å². The predicted molar refractivity (Wildman–Crippen MR) is 118 cm³/mol. The summed E-state index contributed by atoms with van der Waals surface area (Å²) >= 11 is 0. The number of imidazole rings is 1. The standard InChI is InChI=1S/C24H29N5O/c1-27-18-26-17-21(27)16-22(25)24(30)29-14-12-28(13-15-29)23(19-8-4-2-5-9-19)20-10-6-3-7-11-20/h2-11,17-18,22-23H,12-16,25H2,1H3. The fourth-order valence-electron chi connectivity index (χ4n) is 4.21. The Morgan fingerprint density at radius 3 is 2.03 bits per heavy atom. The molecule has 4 rings (SSSR count). The highest BCUT2D eigenvalue weighted by Gasteiger charge is 2.30. The van der Waals surface area contributed by atoms with Gasteiger partial charge in [-0.05, 0) is 11.1 Å². The first-order valence-corrected chi connectivity index (χ1v) is 10.5. The van der Waals surface area contributed by atoms with E-state index in [-0.39, 0.29) is 11.9 Å². The number of hydrogen-bond acceptors (Lipinski definition) is 4. The number of hydrogen-bond donors (Lipinski definition) is 1. The van der Waals surface area contributed by atoms with Gasteiger partial charge in [0.05, 0.1) is 18.4 Å². The van der Waals surface area contributed by atoms with Crippen LogP contribution in [0.5, 0.6) is 0 Å². The monoisotopic (exact) mass is 403 g/mol. The summed E-state index contributed by atoms with van der Waals surface area (Å²) in [5, 5.41) is 0. The molecule has 2 aromatic carbocycles. The maximum atomic E-state index is 12.9. The zero-order chi connectivity index (χ0) is 20.9. The normalized spacial score (nSPS) is 16.0. The molecule has 0 radical (unpaired) electrons. The van der Waals surface area contributed by atoms with Crippen LogP contribution in [-0.2, 0) is 18.3 Å². The summed E-state index contributed by atoms with van der Waals surface area (Å²) in [6, 6.07) is 20.8. The van der Waals surface area contributed by atoms with Gasteiger partial charge in [0.1, 0.15) is 0 Å². The highest BCUT2D eigenvalue weighted by atomic mass is 16.2. The zero-order valence-corrected chi connectivity index (χ0v) is 17.4. The molecule has 0 bridgehead atoms. The van der Waals surface area contributed by atoms with Crippen molar-refractivity contribution in [2.24, 2.45) is 12.8 Å². The van der Waals surface area contributed by atoms with Gasteiger partial charge in [-0.3, -0.25) is 9.69 Å². The van der Waals surface area contributed by atoms with Gasteiger partial charge in [-0.2, -0.15) is 0 Å². The lowest BCUT2D eigenvalue weighted by Gasteiger charge is -2.40. The second-order valence-electron chi connectivity index (χ2n) is 7.89. The van der Waals surface area contributed by atoms with Crippen LogP contribution in [0.3, 0.4) is 0 Å². The van der Waals surface area contributed by atoms with Crippen LogP contribution in [0.2, 0.25) is 0 Å². The van der Waals surface area contributed by atoms with Gasteiger partial charge < -0.3 is 15.2 Å². The van der Waals surface area contributed by atoms with Gasteiger partial charge in [0.2, 0.25) is 5.91 Å². The fraction of sp³-hybridized carbons (Fsp3) is 0.333. The van der Waals surface area contributed by atoms with Crippen molar-refractivity contribution in [3.8, 4) is 0 Å². The van der Waals surface area contributed by atoms with E-state index in [2.05, 4.69) is 58.4 Å². The van der Waals surface area contributed by atoms with Crippen LogP contribution in [0.1, 0.15) is 22.9 Å². The molecule has 0 aliphatic carbocycles. The van der Waals surface area contributed by atoms with Gasteiger partial charge in [0, 0.05) is 51.5 Å². The molecule has 156 valence electrons. The Bertz CT molecular complexity index is 908. The van der Waals surface area contributed by atoms with E-state index in [9.17, 15) is 4.79 Å². The average Bonchev–Trinajstić information content (AvgIpc) is 3.19. The molecule has 1 aliphatic heterocycles. The van der Waals surface area contributed by atoms with Gasteiger partial charge >= 0.3 is 0 Å². The molecule has 0 saturated carbocycles. The molecule has 0 spiro atoms. The Morgan fingerprint density at radius 2 is 1.53 bits per heavy atom. The molecule has 6 heteroatoms. The number of benzene rings is 2. The number of aromatic nitrogens is 2. The Balaban J connectivity index is 1.43.